The zero-order valence-corrected chi connectivity index (χ0v) is 13.2. The lowest BCUT2D eigenvalue weighted by Crippen LogP contribution is -2.31. The van der Waals surface area contributed by atoms with Crippen molar-refractivity contribution in [2.24, 2.45) is 5.73 Å². The number of hydrogen-bond acceptors (Lipinski definition) is 4. The summed E-state index contributed by atoms with van der Waals surface area (Å²) in [4.78, 5) is 30.8. The molecule has 118 valence electrons. The van der Waals surface area contributed by atoms with E-state index in [1.807, 2.05) is 24.3 Å². The summed E-state index contributed by atoms with van der Waals surface area (Å²) in [6.45, 7) is 0.174. The van der Waals surface area contributed by atoms with Crippen molar-refractivity contribution in [3.05, 3.63) is 70.4 Å². The lowest BCUT2D eigenvalue weighted by atomic mass is 10.1. The number of nitrogens with two attached hydrogens (primary N) is 1. The summed E-state index contributed by atoms with van der Waals surface area (Å²) in [5, 5.41) is 1.78. The number of hydrogen-bond donors (Lipinski definition) is 1. The molecule has 0 radical (unpaired) electrons. The molecule has 1 aromatic heterocycles. The van der Waals surface area contributed by atoms with Crippen molar-refractivity contribution in [3.63, 3.8) is 0 Å². The highest BCUT2D eigenvalue weighted by molar-refractivity contribution is 6.42. The number of pyridine rings is 1. The van der Waals surface area contributed by atoms with E-state index in [1.54, 1.807) is 24.3 Å². The Kier molecular flexibility index (Phi) is 3.33. The van der Waals surface area contributed by atoms with Crippen molar-refractivity contribution in [1.82, 2.24) is 4.98 Å². The quantitative estimate of drug-likeness (QED) is 0.729. The first-order chi connectivity index (χ1) is 11.6. The maximum absolute atomic E-state index is 12.7. The van der Waals surface area contributed by atoms with Crippen LogP contribution in [-0.2, 0) is 6.54 Å². The Morgan fingerprint density at radius 3 is 2.04 bits per heavy atom. The molecule has 5 nitrogen and oxygen atoms in total. The van der Waals surface area contributed by atoms with Gasteiger partial charge in [0.05, 0.1) is 21.8 Å². The Labute approximate surface area is 142 Å². The largest absolute Gasteiger partial charge is 0.325 e. The van der Waals surface area contributed by atoms with E-state index in [4.69, 9.17) is 17.3 Å². The van der Waals surface area contributed by atoms with Crippen LogP contribution in [0.25, 0.3) is 10.8 Å². The van der Waals surface area contributed by atoms with Gasteiger partial charge in [-0.15, -0.1) is 0 Å². The van der Waals surface area contributed by atoms with Crippen LogP contribution in [-0.4, -0.2) is 16.8 Å². The van der Waals surface area contributed by atoms with Gasteiger partial charge in [0.15, 0.2) is 5.82 Å². The van der Waals surface area contributed by atoms with E-state index in [0.29, 0.717) is 22.2 Å². The molecule has 6 heteroatoms. The van der Waals surface area contributed by atoms with Crippen molar-refractivity contribution in [2.75, 3.05) is 4.90 Å². The molecule has 0 aliphatic carbocycles. The number of amides is 2. The average Bonchev–Trinajstić information content (AvgIpc) is 2.87. The fraction of sp³-hybridized carbons (Fsp3) is 0.0556. The van der Waals surface area contributed by atoms with Crippen LogP contribution in [0.5, 0.6) is 0 Å². The number of halogens is 1. The van der Waals surface area contributed by atoms with E-state index >= 15 is 0 Å². The zero-order valence-electron chi connectivity index (χ0n) is 12.5. The van der Waals surface area contributed by atoms with Gasteiger partial charge in [-0.2, -0.15) is 0 Å². The number of fused-ring (bicyclic) bond motifs is 2. The SMILES string of the molecule is NCc1nc(N2C(=O)c3ccccc3C2=O)c(Cl)c2ccccc12. The Bertz CT molecular complexity index is 981. The number of benzene rings is 2. The summed E-state index contributed by atoms with van der Waals surface area (Å²) >= 11 is 6.47. The van der Waals surface area contributed by atoms with Crippen LogP contribution in [0.2, 0.25) is 5.02 Å². The van der Waals surface area contributed by atoms with Gasteiger partial charge in [0.2, 0.25) is 0 Å². The molecular formula is C18H12ClN3O2. The number of nitrogens with zero attached hydrogens (tertiary/aromatic N) is 2. The lowest BCUT2D eigenvalue weighted by Gasteiger charge is -2.17. The van der Waals surface area contributed by atoms with Crippen LogP contribution in [0, 0.1) is 0 Å². The van der Waals surface area contributed by atoms with Crippen LogP contribution < -0.4 is 10.6 Å². The number of anilines is 1. The van der Waals surface area contributed by atoms with Crippen LogP contribution in [0.4, 0.5) is 5.82 Å². The molecule has 0 unspecified atom stereocenters. The molecule has 3 aromatic rings. The van der Waals surface area contributed by atoms with Gasteiger partial charge in [0.1, 0.15) is 0 Å². The normalized spacial score (nSPS) is 13.7. The highest BCUT2D eigenvalue weighted by Gasteiger charge is 2.38. The van der Waals surface area contributed by atoms with E-state index in [9.17, 15) is 9.59 Å². The third-order valence-corrected chi connectivity index (χ3v) is 4.48. The summed E-state index contributed by atoms with van der Waals surface area (Å²) in [6.07, 6.45) is 0. The second-order valence-corrected chi connectivity index (χ2v) is 5.82. The summed E-state index contributed by atoms with van der Waals surface area (Å²) < 4.78 is 0. The summed E-state index contributed by atoms with van der Waals surface area (Å²) in [5.74, 6) is -0.728. The second kappa shape index (κ2) is 5.40. The molecule has 0 fully saturated rings. The van der Waals surface area contributed by atoms with Crippen LogP contribution in [0.1, 0.15) is 26.4 Å². The highest BCUT2D eigenvalue weighted by atomic mass is 35.5. The van der Waals surface area contributed by atoms with Gasteiger partial charge >= 0.3 is 0 Å². The maximum Gasteiger partial charge on any atom is 0.267 e. The first kappa shape index (κ1) is 14.8. The van der Waals surface area contributed by atoms with Gasteiger partial charge in [0, 0.05) is 17.3 Å². The first-order valence-electron chi connectivity index (χ1n) is 7.38. The van der Waals surface area contributed by atoms with Crippen LogP contribution >= 0.6 is 11.6 Å². The molecule has 4 rings (SSSR count). The minimum atomic E-state index is -0.428. The minimum Gasteiger partial charge on any atom is -0.325 e. The van der Waals surface area contributed by atoms with Crippen molar-refractivity contribution < 1.29 is 9.59 Å². The molecule has 2 heterocycles. The van der Waals surface area contributed by atoms with Crippen LogP contribution in [0.15, 0.2) is 48.5 Å². The molecule has 2 aromatic carbocycles. The van der Waals surface area contributed by atoms with E-state index in [-0.39, 0.29) is 17.4 Å². The Balaban J connectivity index is 1.97. The Hall–Kier alpha value is -2.76. The summed E-state index contributed by atoms with van der Waals surface area (Å²) in [5.41, 5.74) is 7.08. The predicted octanol–water partition coefficient (Wildman–Crippen LogP) is 3.15. The van der Waals surface area contributed by atoms with Gasteiger partial charge < -0.3 is 5.73 Å². The van der Waals surface area contributed by atoms with E-state index < -0.39 is 11.8 Å². The van der Waals surface area contributed by atoms with Crippen molar-refractivity contribution in [1.29, 1.82) is 0 Å². The third kappa shape index (κ3) is 1.95. The first-order valence-corrected chi connectivity index (χ1v) is 7.76. The molecule has 1 aliphatic rings. The maximum atomic E-state index is 12.7. The molecule has 2 N–H and O–H groups in total. The van der Waals surface area contributed by atoms with E-state index in [2.05, 4.69) is 4.98 Å². The Morgan fingerprint density at radius 2 is 1.46 bits per heavy atom. The standard InChI is InChI=1S/C18H12ClN3O2/c19-15-11-6-2-1-5-10(11)14(9-20)21-16(15)22-17(23)12-7-3-4-8-13(12)18(22)24/h1-8H,9,20H2. The van der Waals surface area contributed by atoms with Crippen molar-refractivity contribution in [2.45, 2.75) is 6.54 Å². The molecule has 0 bridgehead atoms. The number of imide groups is 1. The molecule has 1 aliphatic heterocycles. The fourth-order valence-electron chi connectivity index (χ4n) is 2.97. The van der Waals surface area contributed by atoms with Gasteiger partial charge in [-0.05, 0) is 12.1 Å². The van der Waals surface area contributed by atoms with E-state index in [0.717, 1.165) is 10.3 Å². The van der Waals surface area contributed by atoms with E-state index in [1.165, 1.54) is 0 Å². The average molecular weight is 338 g/mol. The van der Waals surface area contributed by atoms with Gasteiger partial charge in [-0.3, -0.25) is 9.59 Å². The topological polar surface area (TPSA) is 76.3 Å². The molecular weight excluding hydrogens is 326 g/mol. The third-order valence-electron chi connectivity index (χ3n) is 4.11. The molecule has 0 atom stereocenters. The molecule has 0 spiro atoms. The zero-order chi connectivity index (χ0) is 16.8. The Morgan fingerprint density at radius 1 is 0.917 bits per heavy atom. The van der Waals surface area contributed by atoms with Gasteiger partial charge in [0.25, 0.3) is 11.8 Å². The van der Waals surface area contributed by atoms with Crippen LogP contribution in [0.3, 0.4) is 0 Å². The lowest BCUT2D eigenvalue weighted by molar-refractivity contribution is 0.0925. The van der Waals surface area contributed by atoms with Crippen molar-refractivity contribution >= 4 is 40.0 Å². The fourth-order valence-corrected chi connectivity index (χ4v) is 3.26. The smallest absolute Gasteiger partial charge is 0.267 e. The number of carbonyl (C=O) groups is 2. The summed E-state index contributed by atoms with van der Waals surface area (Å²) in [6, 6.07) is 14.1. The molecule has 2 amide bonds. The highest BCUT2D eigenvalue weighted by Crippen LogP contribution is 2.37. The number of carbonyl (C=O) groups excluding carboxylic acids is 2. The molecule has 24 heavy (non-hydrogen) atoms. The van der Waals surface area contributed by atoms with Crippen molar-refractivity contribution in [3.8, 4) is 0 Å². The van der Waals surface area contributed by atoms with Gasteiger partial charge in [-0.25, -0.2) is 9.88 Å². The molecule has 0 saturated carbocycles. The minimum absolute atomic E-state index is 0.127. The monoisotopic (exact) mass is 337 g/mol. The number of rotatable bonds is 2. The number of aromatic nitrogens is 1. The summed E-state index contributed by atoms with van der Waals surface area (Å²) in [7, 11) is 0. The second-order valence-electron chi connectivity index (χ2n) is 5.44. The molecule has 0 saturated heterocycles. The van der Waals surface area contributed by atoms with Gasteiger partial charge in [-0.1, -0.05) is 48.0 Å². The predicted molar refractivity (Wildman–Crippen MR) is 92.2 cm³/mol.